The summed E-state index contributed by atoms with van der Waals surface area (Å²) in [5.74, 6) is 0.498. The summed E-state index contributed by atoms with van der Waals surface area (Å²) in [6, 6.07) is 10.8. The number of aryl methyl sites for hydroxylation is 1. The van der Waals surface area contributed by atoms with Gasteiger partial charge in [0.25, 0.3) is 5.91 Å². The number of carbonyl (C=O) groups is 2. The molecule has 1 aromatic carbocycles. The molecule has 1 amide bonds. The first-order valence-corrected chi connectivity index (χ1v) is 8.48. The lowest BCUT2D eigenvalue weighted by Crippen LogP contribution is -2.42. The van der Waals surface area contributed by atoms with Gasteiger partial charge in [0.05, 0.1) is 12.7 Å². The molecule has 25 heavy (non-hydrogen) atoms. The Bertz CT molecular complexity index is 771. The van der Waals surface area contributed by atoms with Gasteiger partial charge in [0.15, 0.2) is 5.78 Å². The Kier molecular flexibility index (Phi) is 5.12. The zero-order valence-electron chi connectivity index (χ0n) is 14.6. The number of carbonyl (C=O) groups excluding carboxylic acids is 2. The van der Waals surface area contributed by atoms with Crippen molar-refractivity contribution in [3.05, 3.63) is 59.4 Å². The molecule has 0 saturated carbocycles. The van der Waals surface area contributed by atoms with Crippen LogP contribution in [0.4, 0.5) is 0 Å². The quantitative estimate of drug-likeness (QED) is 0.804. The summed E-state index contributed by atoms with van der Waals surface area (Å²) in [4.78, 5) is 31.4. The fraction of sp³-hybridized carbons (Fsp3) is 0.350. The van der Waals surface area contributed by atoms with Crippen molar-refractivity contribution in [2.45, 2.75) is 19.8 Å². The van der Waals surface area contributed by atoms with E-state index in [0.717, 1.165) is 18.5 Å². The number of pyridine rings is 1. The van der Waals surface area contributed by atoms with Crippen molar-refractivity contribution in [2.24, 2.45) is 5.92 Å². The van der Waals surface area contributed by atoms with E-state index in [1.807, 2.05) is 25.1 Å². The lowest BCUT2D eigenvalue weighted by atomic mass is 9.89. The monoisotopic (exact) mass is 338 g/mol. The summed E-state index contributed by atoms with van der Waals surface area (Å²) in [7, 11) is 1.58. The number of amides is 1. The molecule has 0 aliphatic carbocycles. The number of hydrogen-bond acceptors (Lipinski definition) is 4. The Balaban J connectivity index is 1.73. The number of methoxy groups -OCH3 is 1. The molecule has 3 rings (SSSR count). The molecule has 1 saturated heterocycles. The molecule has 1 atom stereocenters. The predicted molar refractivity (Wildman–Crippen MR) is 94.9 cm³/mol. The van der Waals surface area contributed by atoms with Crippen LogP contribution in [0.1, 0.15) is 39.3 Å². The second-order valence-corrected chi connectivity index (χ2v) is 6.37. The Morgan fingerprint density at radius 2 is 2.04 bits per heavy atom. The van der Waals surface area contributed by atoms with E-state index in [1.54, 1.807) is 36.4 Å². The van der Waals surface area contributed by atoms with Crippen molar-refractivity contribution >= 4 is 11.7 Å². The van der Waals surface area contributed by atoms with E-state index in [0.29, 0.717) is 30.0 Å². The zero-order valence-corrected chi connectivity index (χ0v) is 14.6. The topological polar surface area (TPSA) is 59.5 Å². The number of Topliss-reactive ketones (excluding diaryl/α,β-unsaturated/α-hetero) is 1. The zero-order chi connectivity index (χ0) is 17.8. The van der Waals surface area contributed by atoms with E-state index in [2.05, 4.69) is 4.98 Å². The number of benzene rings is 1. The first kappa shape index (κ1) is 17.1. The highest BCUT2D eigenvalue weighted by Gasteiger charge is 2.29. The summed E-state index contributed by atoms with van der Waals surface area (Å²) >= 11 is 0. The third-order valence-corrected chi connectivity index (χ3v) is 4.59. The van der Waals surface area contributed by atoms with Crippen LogP contribution in [-0.2, 0) is 0 Å². The van der Waals surface area contributed by atoms with Crippen LogP contribution >= 0.6 is 0 Å². The maximum atomic E-state index is 12.8. The molecule has 0 unspecified atom stereocenters. The molecular weight excluding hydrogens is 316 g/mol. The summed E-state index contributed by atoms with van der Waals surface area (Å²) < 4.78 is 5.20. The minimum atomic E-state index is -0.178. The predicted octanol–water partition coefficient (Wildman–Crippen LogP) is 3.13. The molecule has 0 radical (unpaired) electrons. The normalized spacial score (nSPS) is 17.2. The average Bonchev–Trinajstić information content (AvgIpc) is 2.67. The van der Waals surface area contributed by atoms with Crippen molar-refractivity contribution < 1.29 is 14.3 Å². The van der Waals surface area contributed by atoms with Crippen LogP contribution in [0.3, 0.4) is 0 Å². The van der Waals surface area contributed by atoms with E-state index in [9.17, 15) is 9.59 Å². The van der Waals surface area contributed by atoms with Crippen molar-refractivity contribution in [2.75, 3.05) is 20.2 Å². The molecule has 130 valence electrons. The number of rotatable bonds is 4. The second-order valence-electron chi connectivity index (χ2n) is 6.37. The third-order valence-electron chi connectivity index (χ3n) is 4.59. The van der Waals surface area contributed by atoms with E-state index in [4.69, 9.17) is 4.74 Å². The van der Waals surface area contributed by atoms with Crippen LogP contribution in [0.15, 0.2) is 42.6 Å². The van der Waals surface area contributed by atoms with Gasteiger partial charge in [-0.1, -0.05) is 12.1 Å². The van der Waals surface area contributed by atoms with Gasteiger partial charge in [-0.3, -0.25) is 14.6 Å². The molecule has 2 aromatic rings. The van der Waals surface area contributed by atoms with Crippen molar-refractivity contribution in [1.29, 1.82) is 0 Å². The van der Waals surface area contributed by atoms with Gasteiger partial charge in [-0.15, -0.1) is 0 Å². The van der Waals surface area contributed by atoms with Gasteiger partial charge in [0, 0.05) is 36.5 Å². The summed E-state index contributed by atoms with van der Waals surface area (Å²) in [6.45, 7) is 3.01. The number of piperidine rings is 1. The Morgan fingerprint density at radius 3 is 2.76 bits per heavy atom. The smallest absolute Gasteiger partial charge is 0.255 e. The highest BCUT2D eigenvalue weighted by molar-refractivity contribution is 5.99. The van der Waals surface area contributed by atoms with Gasteiger partial charge in [-0.2, -0.15) is 0 Å². The minimum Gasteiger partial charge on any atom is -0.497 e. The van der Waals surface area contributed by atoms with Crippen molar-refractivity contribution in [1.82, 2.24) is 9.88 Å². The highest BCUT2D eigenvalue weighted by atomic mass is 16.5. The number of likely N-dealkylation sites (tertiary alicyclic amines) is 1. The van der Waals surface area contributed by atoms with Crippen LogP contribution < -0.4 is 4.74 Å². The Hall–Kier alpha value is -2.69. The number of nitrogens with zero attached hydrogens (tertiary/aromatic N) is 2. The molecule has 1 fully saturated rings. The van der Waals surface area contributed by atoms with E-state index in [-0.39, 0.29) is 17.6 Å². The van der Waals surface area contributed by atoms with E-state index in [1.165, 1.54) is 0 Å². The fourth-order valence-electron chi connectivity index (χ4n) is 3.16. The summed E-state index contributed by atoms with van der Waals surface area (Å²) in [6.07, 6.45) is 3.22. The molecule has 0 bridgehead atoms. The van der Waals surface area contributed by atoms with Gasteiger partial charge in [0.1, 0.15) is 5.75 Å². The molecule has 2 heterocycles. The van der Waals surface area contributed by atoms with Gasteiger partial charge < -0.3 is 9.64 Å². The first-order chi connectivity index (χ1) is 12.1. The third kappa shape index (κ3) is 3.87. The van der Waals surface area contributed by atoms with E-state index >= 15 is 0 Å². The van der Waals surface area contributed by atoms with Crippen LogP contribution in [0.5, 0.6) is 5.75 Å². The molecule has 0 N–H and O–H groups in total. The van der Waals surface area contributed by atoms with Crippen LogP contribution in [-0.4, -0.2) is 41.8 Å². The molecule has 0 spiro atoms. The van der Waals surface area contributed by atoms with Gasteiger partial charge in [-0.05, 0) is 44.0 Å². The van der Waals surface area contributed by atoms with Crippen LogP contribution in [0.25, 0.3) is 0 Å². The molecule has 5 nitrogen and oxygen atoms in total. The maximum absolute atomic E-state index is 12.8. The number of ether oxygens (including phenoxy) is 1. The van der Waals surface area contributed by atoms with E-state index < -0.39 is 0 Å². The molecular formula is C20H22N2O3. The maximum Gasteiger partial charge on any atom is 0.255 e. The lowest BCUT2D eigenvalue weighted by Gasteiger charge is -2.32. The Labute approximate surface area is 147 Å². The van der Waals surface area contributed by atoms with Crippen LogP contribution in [0, 0.1) is 12.8 Å². The minimum absolute atomic E-state index is 0.0596. The molecule has 1 aromatic heterocycles. The summed E-state index contributed by atoms with van der Waals surface area (Å²) in [5, 5.41) is 0. The number of aromatic nitrogens is 1. The largest absolute Gasteiger partial charge is 0.497 e. The molecule has 5 heteroatoms. The van der Waals surface area contributed by atoms with Gasteiger partial charge in [-0.25, -0.2) is 0 Å². The number of ketones is 1. The second kappa shape index (κ2) is 7.47. The number of hydrogen-bond donors (Lipinski definition) is 0. The molecule has 1 aliphatic heterocycles. The SMILES string of the molecule is COc1cccc(C(=O)[C@@H]2CCCN(C(=O)c3ccc(C)nc3)C2)c1. The first-order valence-electron chi connectivity index (χ1n) is 8.48. The van der Waals surface area contributed by atoms with Gasteiger partial charge in [0.2, 0.25) is 0 Å². The molecule has 1 aliphatic rings. The van der Waals surface area contributed by atoms with Gasteiger partial charge >= 0.3 is 0 Å². The lowest BCUT2D eigenvalue weighted by molar-refractivity contribution is 0.0636. The van der Waals surface area contributed by atoms with Crippen molar-refractivity contribution in [3.63, 3.8) is 0 Å². The Morgan fingerprint density at radius 1 is 1.20 bits per heavy atom. The van der Waals surface area contributed by atoms with Crippen molar-refractivity contribution in [3.8, 4) is 5.75 Å². The highest BCUT2D eigenvalue weighted by Crippen LogP contribution is 2.24. The summed E-state index contributed by atoms with van der Waals surface area (Å²) in [5.41, 5.74) is 2.08. The van der Waals surface area contributed by atoms with Crippen LogP contribution in [0.2, 0.25) is 0 Å². The standard InChI is InChI=1S/C20H22N2O3/c1-14-8-9-16(12-21-14)20(24)22-10-4-6-17(13-22)19(23)15-5-3-7-18(11-15)25-2/h3,5,7-9,11-12,17H,4,6,10,13H2,1-2H3/t17-/m1/s1. The fourth-order valence-corrected chi connectivity index (χ4v) is 3.16. The average molecular weight is 338 g/mol.